The number of ether oxygens (including phenoxy) is 10. The number of rotatable bonds is 16. The number of ketones is 2. The minimum Gasteiger partial charge on any atom is -0.508 e. The lowest BCUT2D eigenvalue weighted by Gasteiger charge is -2.47. The van der Waals surface area contributed by atoms with E-state index in [4.69, 9.17) is 62.6 Å². The average molecular weight is 1660 g/mol. The third-order valence-corrected chi connectivity index (χ3v) is 24.9. The molecule has 4 heterocycles. The number of aliphatic hydroxyl groups is 1. The van der Waals surface area contributed by atoms with Crippen molar-refractivity contribution in [1.82, 2.24) is 0 Å². The highest BCUT2D eigenvalue weighted by molar-refractivity contribution is 8.13. The number of Topliss-reactive ketones (excluding diaryl/α,β-unsaturated/α-hetero) is 2. The molecule has 0 unspecified atom stereocenters. The van der Waals surface area contributed by atoms with E-state index in [9.17, 15) is 57.1 Å². The Balaban J connectivity index is 0.000000173. The molecule has 27 heteroatoms. The first kappa shape index (κ1) is 92.2. The van der Waals surface area contributed by atoms with E-state index in [0.717, 1.165) is 72.1 Å². The SMILES string of the molecule is CC1(C)Oc2cc(O)cc(O)c2[C@@H]2CC(=O)CC[C@H]21.CC1=C[C@H]2c3c(O)cc(O)cc3OC(C)(C)[C@@H]2CC1.COCCO.COCCOS(=O)(=O)c1ccc(C)cc1.COCCOc1cc(O)c2c(c1)OC(C)(C)[C@@H]1CCC(=O)C[C@@H]21.COCCOc1cc(O)c2c(c1)OC(C)(C)[C@@H]1CCC(C)=C[C@@H]21.Cc1ccc(S(=O)(=O)Cl)cc1. The Morgan fingerprint density at radius 2 is 0.748 bits per heavy atom. The minimum absolute atomic E-state index is 0.0133. The number of aromatic hydroxyl groups is 6. The maximum Gasteiger partial charge on any atom is 0.297 e. The summed E-state index contributed by atoms with van der Waals surface area (Å²) in [5, 5.41) is 68.5. The summed E-state index contributed by atoms with van der Waals surface area (Å²) in [6.45, 7) is 27.3. The van der Waals surface area contributed by atoms with E-state index in [-0.39, 0.29) is 128 Å². The first-order chi connectivity index (χ1) is 54.1. The van der Waals surface area contributed by atoms with Gasteiger partial charge in [0.15, 0.2) is 0 Å². The highest BCUT2D eigenvalue weighted by Gasteiger charge is 2.51. The van der Waals surface area contributed by atoms with Crippen molar-refractivity contribution in [3.63, 3.8) is 0 Å². The molecule has 6 aromatic carbocycles. The van der Waals surface area contributed by atoms with Gasteiger partial charge in [-0.2, -0.15) is 8.42 Å². The van der Waals surface area contributed by atoms with Crippen molar-refractivity contribution in [1.29, 1.82) is 0 Å². The Morgan fingerprint density at radius 3 is 1.13 bits per heavy atom. The molecule has 4 aliphatic carbocycles. The first-order valence-corrected chi connectivity index (χ1v) is 42.6. The normalized spacial score (nSPS) is 22.3. The molecule has 14 rings (SSSR count). The van der Waals surface area contributed by atoms with Gasteiger partial charge in [0, 0.05) is 183 Å². The van der Waals surface area contributed by atoms with E-state index < -0.39 is 24.8 Å². The second kappa shape index (κ2) is 39.8. The molecule has 2 saturated carbocycles. The highest BCUT2D eigenvalue weighted by Crippen LogP contribution is 2.59. The molecule has 8 atom stereocenters. The van der Waals surface area contributed by atoms with Crippen LogP contribution in [-0.4, -0.2) is 168 Å². The van der Waals surface area contributed by atoms with Gasteiger partial charge in [0.1, 0.15) is 116 Å². The summed E-state index contributed by atoms with van der Waals surface area (Å²) >= 11 is 0. The Kier molecular flexibility index (Phi) is 31.9. The van der Waals surface area contributed by atoms with Gasteiger partial charge >= 0.3 is 0 Å². The molecule has 24 nitrogen and oxygen atoms in total. The van der Waals surface area contributed by atoms with Crippen LogP contribution in [0.2, 0.25) is 0 Å². The van der Waals surface area contributed by atoms with Crippen molar-refractivity contribution in [2.45, 2.75) is 203 Å². The highest BCUT2D eigenvalue weighted by atomic mass is 35.7. The zero-order valence-corrected chi connectivity index (χ0v) is 71.4. The van der Waals surface area contributed by atoms with Crippen LogP contribution in [0.15, 0.2) is 130 Å². The fraction of sp³-hybridized carbons (Fsp3) is 0.523. The molecule has 115 heavy (non-hydrogen) atoms. The zero-order chi connectivity index (χ0) is 84.7. The number of hydrogen-bond acceptors (Lipinski definition) is 24. The van der Waals surface area contributed by atoms with Gasteiger partial charge in [-0.15, -0.1) is 0 Å². The van der Waals surface area contributed by atoms with Crippen LogP contribution in [0.1, 0.15) is 190 Å². The molecule has 0 radical (unpaired) electrons. The molecule has 0 spiro atoms. The summed E-state index contributed by atoms with van der Waals surface area (Å²) in [5.41, 5.74) is 6.60. The molecule has 6 aromatic rings. The Labute approximate surface area is 682 Å². The van der Waals surface area contributed by atoms with Gasteiger partial charge in [0.2, 0.25) is 0 Å². The topological polar surface area (TPSA) is 346 Å². The number of hydrogen-bond donors (Lipinski definition) is 7. The Morgan fingerprint density at radius 1 is 0.417 bits per heavy atom. The van der Waals surface area contributed by atoms with Gasteiger partial charge in [-0.3, -0.25) is 13.8 Å². The lowest BCUT2D eigenvalue weighted by molar-refractivity contribution is -0.125. The predicted octanol–water partition coefficient (Wildman–Crippen LogP) is 16.4. The third kappa shape index (κ3) is 24.0. The van der Waals surface area contributed by atoms with Gasteiger partial charge in [-0.1, -0.05) is 58.7 Å². The molecule has 4 aliphatic heterocycles. The molecule has 0 saturated heterocycles. The minimum atomic E-state index is -3.63. The maximum atomic E-state index is 11.9. The number of phenols is 6. The number of phenolic OH excluding ortho intramolecular Hbond substituents is 6. The van der Waals surface area contributed by atoms with E-state index >= 15 is 0 Å². The molecule has 0 amide bonds. The summed E-state index contributed by atoms with van der Waals surface area (Å²) in [4.78, 5) is 24.0. The number of halogens is 1. The van der Waals surface area contributed by atoms with E-state index in [1.165, 1.54) is 60.7 Å². The van der Waals surface area contributed by atoms with Crippen LogP contribution in [0.3, 0.4) is 0 Å². The molecule has 632 valence electrons. The van der Waals surface area contributed by atoms with Gasteiger partial charge < -0.3 is 83.1 Å². The average Bonchev–Trinajstić information content (AvgIpc) is 0.761. The molecule has 7 N–H and O–H groups in total. The number of aryl methyl sites for hydroxylation is 2. The lowest BCUT2D eigenvalue weighted by Crippen LogP contribution is -2.47. The standard InChI is InChI=1S/C19H26O4.C18H24O5.C16H20O3.C15H18O4.C10H14O4S.C7H7ClO2S.C3H8O2/c1-12-5-6-15-14(9-12)18-16(20)10-13(22-8-7-21-4)11-17(18)23-19(15,2)3;1-18(2)14-5-4-11(19)8-13(14)17-15(20)9-12(10-16(17)23-18)22-7-6-21-3;1-9-4-5-12-11(6-9)15-13(18)7-10(17)8-14(15)19-16(12,2)3;1-15(2)11-4-3-8(16)5-10(11)14-12(18)6-9(17)7-13(14)19-15;1-9-3-5-10(6-4-9)15(11,12)14-8-7-13-2;1-6-2-4-7(5-3-6)11(8,9)10;1-5-3-2-4/h9-11,14-15,20H,5-8H2,1-4H3;9-10,13-14,20H,4-8H2,1-3H3;6-8,11-12,17-18H,4-5H2,1-3H3;6-7,10-11,17-18H,3-5H2,1-2H3;3-6H,7-8H2,1-2H3;2-5H,1H3;4H,2-3H2,1H3/t14-,15-;13-,14-;11-,12-;10-,11-;;;/m1111.../s1. The van der Waals surface area contributed by atoms with Crippen LogP contribution in [0.25, 0.3) is 0 Å². The summed E-state index contributed by atoms with van der Waals surface area (Å²) in [6.07, 6.45) is 12.6. The Hall–Kier alpha value is -8.31. The molecule has 0 bridgehead atoms. The van der Waals surface area contributed by atoms with Crippen molar-refractivity contribution in [2.75, 3.05) is 81.3 Å². The monoisotopic (exact) mass is 1660 g/mol. The predicted molar refractivity (Wildman–Crippen MR) is 437 cm³/mol. The second-order valence-corrected chi connectivity index (χ2v) is 36.6. The molecule has 0 aromatic heterocycles. The second-order valence-electron chi connectivity index (χ2n) is 32.4. The Bertz CT molecular complexity index is 4610. The van der Waals surface area contributed by atoms with Gasteiger partial charge in [-0.05, 0) is 146 Å². The number of allylic oxidation sites excluding steroid dienone is 4. The van der Waals surface area contributed by atoms with Gasteiger partial charge in [0.25, 0.3) is 19.2 Å². The third-order valence-electron chi connectivity index (χ3n) is 22.2. The van der Waals surface area contributed by atoms with Crippen LogP contribution in [0.4, 0.5) is 0 Å². The smallest absolute Gasteiger partial charge is 0.297 e. The van der Waals surface area contributed by atoms with E-state index in [1.807, 2.05) is 39.8 Å². The molecule has 8 aliphatic rings. The van der Waals surface area contributed by atoms with E-state index in [2.05, 4.69) is 72.3 Å². The largest absolute Gasteiger partial charge is 0.508 e. The van der Waals surface area contributed by atoms with Crippen molar-refractivity contribution in [3.8, 4) is 69.0 Å². The van der Waals surface area contributed by atoms with Crippen molar-refractivity contribution in [3.05, 3.63) is 154 Å². The van der Waals surface area contributed by atoms with Crippen molar-refractivity contribution >= 4 is 41.4 Å². The summed E-state index contributed by atoms with van der Waals surface area (Å²) < 4.78 is 104. The number of aliphatic hydroxyl groups excluding tert-OH is 1. The van der Waals surface area contributed by atoms with E-state index in [0.29, 0.717) is 105 Å². The van der Waals surface area contributed by atoms with Gasteiger partial charge in [0.05, 0.1) is 49.4 Å². The number of methoxy groups -OCH3 is 4. The van der Waals surface area contributed by atoms with Crippen LogP contribution in [0.5, 0.6) is 69.0 Å². The van der Waals surface area contributed by atoms with Crippen LogP contribution >= 0.6 is 10.7 Å². The number of benzene rings is 6. The lowest BCUT2D eigenvalue weighted by atomic mass is 9.66. The van der Waals surface area contributed by atoms with Crippen molar-refractivity contribution in [2.24, 2.45) is 23.7 Å². The first-order valence-electron chi connectivity index (χ1n) is 38.9. The summed E-state index contributed by atoms with van der Waals surface area (Å²) in [5.74, 6) is 6.27. The maximum absolute atomic E-state index is 11.9. The van der Waals surface area contributed by atoms with Gasteiger partial charge in [-0.25, -0.2) is 8.42 Å². The number of carbonyl (C=O) groups is 2. The number of carbonyl (C=O) groups excluding carboxylic acids is 2. The fourth-order valence-electron chi connectivity index (χ4n) is 16.6. The molecular weight excluding hydrogens is 1540 g/mol. The zero-order valence-electron chi connectivity index (χ0n) is 69.0. The van der Waals surface area contributed by atoms with Crippen LogP contribution in [0, 0.1) is 37.5 Å². The quantitative estimate of drug-likeness (QED) is 0.0205. The molecular formula is C88H117ClO24S2. The summed E-state index contributed by atoms with van der Waals surface area (Å²) in [7, 11) is 4.19. The van der Waals surface area contributed by atoms with Crippen molar-refractivity contribution < 1.29 is 114 Å². The number of fused-ring (bicyclic) bond motifs is 12. The molecule has 2 fully saturated rings. The van der Waals surface area contributed by atoms with E-state index in [1.54, 1.807) is 63.8 Å². The van der Waals surface area contributed by atoms with Crippen LogP contribution < -0.4 is 28.4 Å². The fourth-order valence-corrected chi connectivity index (χ4v) is 18.2. The van der Waals surface area contributed by atoms with Crippen LogP contribution in [-0.2, 0) is 51.9 Å². The summed E-state index contributed by atoms with van der Waals surface area (Å²) in [6, 6.07) is 25.7.